The van der Waals surface area contributed by atoms with E-state index in [1.165, 1.54) is 6.07 Å². The molecular weight excluding hydrogens is 351 g/mol. The van der Waals surface area contributed by atoms with Crippen LogP contribution in [-0.4, -0.2) is 32.1 Å². The highest BCUT2D eigenvalue weighted by molar-refractivity contribution is 6.35. The van der Waals surface area contributed by atoms with Gasteiger partial charge in [-0.2, -0.15) is 0 Å². The van der Waals surface area contributed by atoms with Crippen LogP contribution in [0.3, 0.4) is 0 Å². The van der Waals surface area contributed by atoms with E-state index in [4.69, 9.17) is 27.9 Å². The number of benzene rings is 2. The molecule has 2 aromatic carbocycles. The van der Waals surface area contributed by atoms with Crippen molar-refractivity contribution < 1.29 is 14.3 Å². The standard InChI is InChI=1S/C17H16Cl2N2O3/c1-24-8-7-20-16(22)11-3-2-4-12(9-11)17(23)21-15-10-13(18)5-6-14(15)19/h2-6,9-10H,7-8H2,1H3,(H,20,22)(H,21,23). The van der Waals surface area contributed by atoms with Gasteiger partial charge in [0.15, 0.2) is 0 Å². The highest BCUT2D eigenvalue weighted by atomic mass is 35.5. The lowest BCUT2D eigenvalue weighted by Crippen LogP contribution is -2.27. The SMILES string of the molecule is COCCNC(=O)c1cccc(C(=O)Nc2cc(Cl)ccc2Cl)c1. The van der Waals surface area contributed by atoms with Gasteiger partial charge in [0.05, 0.1) is 17.3 Å². The van der Waals surface area contributed by atoms with Crippen LogP contribution in [0.15, 0.2) is 42.5 Å². The van der Waals surface area contributed by atoms with Gasteiger partial charge >= 0.3 is 0 Å². The molecule has 0 spiro atoms. The minimum atomic E-state index is -0.384. The third kappa shape index (κ3) is 4.96. The van der Waals surface area contributed by atoms with Gasteiger partial charge in [0, 0.05) is 29.8 Å². The van der Waals surface area contributed by atoms with Crippen LogP contribution >= 0.6 is 23.2 Å². The maximum absolute atomic E-state index is 12.3. The Bertz CT molecular complexity index is 750. The van der Waals surface area contributed by atoms with Gasteiger partial charge in [0.1, 0.15) is 0 Å². The predicted octanol–water partition coefficient (Wildman–Crippen LogP) is 3.62. The van der Waals surface area contributed by atoms with Gasteiger partial charge in [-0.25, -0.2) is 0 Å². The summed E-state index contributed by atoms with van der Waals surface area (Å²) in [5, 5.41) is 6.21. The molecule has 0 aromatic heterocycles. The van der Waals surface area contributed by atoms with Crippen molar-refractivity contribution >= 4 is 40.7 Å². The Balaban J connectivity index is 2.11. The molecule has 0 bridgehead atoms. The number of nitrogens with one attached hydrogen (secondary N) is 2. The summed E-state index contributed by atoms with van der Waals surface area (Å²) in [5.41, 5.74) is 1.13. The van der Waals surface area contributed by atoms with Crippen LogP contribution in [0, 0.1) is 0 Å². The Labute approximate surface area is 149 Å². The fourth-order valence-electron chi connectivity index (χ4n) is 1.96. The van der Waals surface area contributed by atoms with Crippen LogP contribution in [0.5, 0.6) is 0 Å². The van der Waals surface area contributed by atoms with Gasteiger partial charge in [-0.05, 0) is 36.4 Å². The Kier molecular flexibility index (Phi) is 6.61. The normalized spacial score (nSPS) is 10.3. The summed E-state index contributed by atoms with van der Waals surface area (Å²) in [4.78, 5) is 24.4. The number of anilines is 1. The second-order valence-electron chi connectivity index (χ2n) is 4.91. The number of amides is 2. The summed E-state index contributed by atoms with van der Waals surface area (Å²) in [6.45, 7) is 0.809. The number of methoxy groups -OCH3 is 1. The first kappa shape index (κ1) is 18.3. The van der Waals surface area contributed by atoms with E-state index in [0.717, 1.165) is 0 Å². The average molecular weight is 367 g/mol. The third-order valence-electron chi connectivity index (χ3n) is 3.16. The van der Waals surface area contributed by atoms with Crippen LogP contribution in [0.2, 0.25) is 10.0 Å². The summed E-state index contributed by atoms with van der Waals surface area (Å²) in [6, 6.07) is 11.2. The van der Waals surface area contributed by atoms with Crippen molar-refractivity contribution in [2.45, 2.75) is 0 Å². The Morgan fingerprint density at radius 2 is 1.75 bits per heavy atom. The largest absolute Gasteiger partial charge is 0.383 e. The molecule has 0 saturated heterocycles. The molecule has 0 fully saturated rings. The topological polar surface area (TPSA) is 67.4 Å². The summed E-state index contributed by atoms with van der Waals surface area (Å²) in [5.74, 6) is -0.659. The second kappa shape index (κ2) is 8.68. The highest BCUT2D eigenvalue weighted by Crippen LogP contribution is 2.25. The van der Waals surface area contributed by atoms with Crippen molar-refractivity contribution in [1.82, 2.24) is 5.32 Å². The van der Waals surface area contributed by atoms with Gasteiger partial charge in [0.25, 0.3) is 11.8 Å². The van der Waals surface area contributed by atoms with Crippen LogP contribution < -0.4 is 10.6 Å². The molecule has 2 N–H and O–H groups in total. The fourth-order valence-corrected chi connectivity index (χ4v) is 2.30. The van der Waals surface area contributed by atoms with Gasteiger partial charge in [0.2, 0.25) is 0 Å². The average Bonchev–Trinajstić information content (AvgIpc) is 2.58. The lowest BCUT2D eigenvalue weighted by molar-refractivity contribution is 0.0937. The molecule has 0 aliphatic heterocycles. The van der Waals surface area contributed by atoms with Crippen LogP contribution in [0.1, 0.15) is 20.7 Å². The third-order valence-corrected chi connectivity index (χ3v) is 3.72. The molecule has 5 nitrogen and oxygen atoms in total. The van der Waals surface area contributed by atoms with Crippen LogP contribution in [-0.2, 0) is 4.74 Å². The van der Waals surface area contributed by atoms with Crippen molar-refractivity contribution in [1.29, 1.82) is 0 Å². The molecule has 0 aliphatic carbocycles. The quantitative estimate of drug-likeness (QED) is 0.767. The zero-order valence-corrected chi connectivity index (χ0v) is 14.4. The Hall–Kier alpha value is -2.08. The zero-order valence-electron chi connectivity index (χ0n) is 12.9. The van der Waals surface area contributed by atoms with E-state index in [1.807, 2.05) is 0 Å². The van der Waals surface area contributed by atoms with E-state index < -0.39 is 0 Å². The van der Waals surface area contributed by atoms with Crippen molar-refractivity contribution in [3.05, 3.63) is 63.6 Å². The van der Waals surface area contributed by atoms with Gasteiger partial charge in [-0.3, -0.25) is 9.59 Å². The van der Waals surface area contributed by atoms with E-state index in [9.17, 15) is 9.59 Å². The zero-order chi connectivity index (χ0) is 17.5. The summed E-state index contributed by atoms with van der Waals surface area (Å²) >= 11 is 11.9. The molecule has 0 saturated carbocycles. The van der Waals surface area contributed by atoms with E-state index >= 15 is 0 Å². The number of carbonyl (C=O) groups is 2. The maximum Gasteiger partial charge on any atom is 0.255 e. The number of hydrogen-bond acceptors (Lipinski definition) is 3. The molecule has 126 valence electrons. The Morgan fingerprint density at radius 1 is 1.04 bits per heavy atom. The minimum Gasteiger partial charge on any atom is -0.383 e. The first-order chi connectivity index (χ1) is 11.5. The fraction of sp³-hybridized carbons (Fsp3) is 0.176. The van der Waals surface area contributed by atoms with Gasteiger partial charge in [-0.15, -0.1) is 0 Å². The molecule has 0 radical (unpaired) electrons. The van der Waals surface area contributed by atoms with Crippen LogP contribution in [0.4, 0.5) is 5.69 Å². The van der Waals surface area contributed by atoms with Crippen molar-refractivity contribution in [2.75, 3.05) is 25.6 Å². The number of halogens is 2. The highest BCUT2D eigenvalue weighted by Gasteiger charge is 2.12. The Morgan fingerprint density at radius 3 is 2.46 bits per heavy atom. The van der Waals surface area contributed by atoms with Crippen molar-refractivity contribution in [3.63, 3.8) is 0 Å². The summed E-state index contributed by atoms with van der Waals surface area (Å²) in [6.07, 6.45) is 0. The lowest BCUT2D eigenvalue weighted by atomic mass is 10.1. The second-order valence-corrected chi connectivity index (χ2v) is 5.75. The first-order valence-electron chi connectivity index (χ1n) is 7.15. The number of rotatable bonds is 6. The monoisotopic (exact) mass is 366 g/mol. The van der Waals surface area contributed by atoms with Crippen LogP contribution in [0.25, 0.3) is 0 Å². The molecule has 0 unspecified atom stereocenters. The maximum atomic E-state index is 12.3. The lowest BCUT2D eigenvalue weighted by Gasteiger charge is -2.09. The molecule has 0 aliphatic rings. The molecule has 2 aromatic rings. The molecule has 7 heteroatoms. The van der Waals surface area contributed by atoms with Gasteiger partial charge < -0.3 is 15.4 Å². The van der Waals surface area contributed by atoms with Crippen molar-refractivity contribution in [3.8, 4) is 0 Å². The smallest absolute Gasteiger partial charge is 0.255 e. The van der Waals surface area contributed by atoms with Gasteiger partial charge in [-0.1, -0.05) is 29.3 Å². The number of ether oxygens (including phenoxy) is 1. The van der Waals surface area contributed by atoms with Crippen molar-refractivity contribution in [2.24, 2.45) is 0 Å². The molecule has 2 rings (SSSR count). The molecule has 24 heavy (non-hydrogen) atoms. The molecule has 0 heterocycles. The van der Waals surface area contributed by atoms with E-state index in [0.29, 0.717) is 40.0 Å². The van der Waals surface area contributed by atoms with E-state index in [2.05, 4.69) is 10.6 Å². The number of carbonyl (C=O) groups excluding carboxylic acids is 2. The van der Waals surface area contributed by atoms with E-state index in [1.54, 1.807) is 43.5 Å². The molecule has 0 atom stereocenters. The summed E-state index contributed by atoms with van der Waals surface area (Å²) in [7, 11) is 1.55. The number of hydrogen-bond donors (Lipinski definition) is 2. The minimum absolute atomic E-state index is 0.275. The van der Waals surface area contributed by atoms with E-state index in [-0.39, 0.29) is 11.8 Å². The molecular formula is C17H16Cl2N2O3. The predicted molar refractivity (Wildman–Crippen MR) is 95.1 cm³/mol. The first-order valence-corrected chi connectivity index (χ1v) is 7.90. The summed E-state index contributed by atoms with van der Waals surface area (Å²) < 4.78 is 4.88. The molecule has 2 amide bonds.